The Hall–Kier alpha value is -3.35. The van der Waals surface area contributed by atoms with E-state index in [-0.39, 0.29) is 17.9 Å². The highest BCUT2D eigenvalue weighted by atomic mass is 16.5. The third kappa shape index (κ3) is 3.42. The molecule has 2 aromatic rings. The van der Waals surface area contributed by atoms with Crippen LogP contribution in [0.3, 0.4) is 0 Å². The number of carboxylic acid groups (broad SMARTS) is 1. The molecule has 0 bridgehead atoms. The zero-order valence-electron chi connectivity index (χ0n) is 17.7. The van der Waals surface area contributed by atoms with Gasteiger partial charge in [0.15, 0.2) is 0 Å². The average Bonchev–Trinajstić information content (AvgIpc) is 3.05. The van der Waals surface area contributed by atoms with E-state index in [1.807, 2.05) is 36.4 Å². The highest BCUT2D eigenvalue weighted by Gasteiger charge is 2.61. The van der Waals surface area contributed by atoms with Gasteiger partial charge in [-0.2, -0.15) is 0 Å². The molecule has 0 aliphatic heterocycles. The average molecular weight is 434 g/mol. The lowest BCUT2D eigenvalue weighted by atomic mass is 9.48. The molecule has 0 heterocycles. The van der Waals surface area contributed by atoms with Crippen LogP contribution in [0.4, 0.5) is 4.79 Å². The number of hydrogen-bond donors (Lipinski definition) is 3. The number of carboxylic acids is 1. The summed E-state index contributed by atoms with van der Waals surface area (Å²) in [6.45, 7) is -0.308. The maximum absolute atomic E-state index is 12.8. The smallest absolute Gasteiger partial charge is 0.408 e. The highest BCUT2D eigenvalue weighted by Crippen LogP contribution is 2.60. The Labute approximate surface area is 186 Å². The molecule has 2 amide bonds. The second-order valence-electron chi connectivity index (χ2n) is 9.32. The predicted octanol–water partition coefficient (Wildman–Crippen LogP) is 3.43. The first-order chi connectivity index (χ1) is 15.4. The van der Waals surface area contributed by atoms with Crippen molar-refractivity contribution in [2.24, 2.45) is 5.41 Å². The number of nitrogens with one attached hydrogen (secondary N) is 2. The fourth-order valence-electron chi connectivity index (χ4n) is 5.72. The summed E-state index contributed by atoms with van der Waals surface area (Å²) in [5.74, 6) is -1.64. The molecule has 166 valence electrons. The summed E-state index contributed by atoms with van der Waals surface area (Å²) in [4.78, 5) is 36.4. The van der Waals surface area contributed by atoms with Gasteiger partial charge in [-0.25, -0.2) is 4.79 Å². The molecule has 32 heavy (non-hydrogen) atoms. The number of benzene rings is 2. The van der Waals surface area contributed by atoms with Gasteiger partial charge in [-0.3, -0.25) is 9.59 Å². The maximum atomic E-state index is 12.8. The van der Waals surface area contributed by atoms with Crippen LogP contribution in [0.1, 0.15) is 49.1 Å². The van der Waals surface area contributed by atoms with Crippen LogP contribution in [0.25, 0.3) is 11.1 Å². The summed E-state index contributed by atoms with van der Waals surface area (Å²) in [7, 11) is 0. The van der Waals surface area contributed by atoms with Crippen molar-refractivity contribution in [2.75, 3.05) is 13.2 Å². The van der Waals surface area contributed by atoms with Crippen LogP contribution in [-0.4, -0.2) is 41.8 Å². The van der Waals surface area contributed by atoms with Crippen molar-refractivity contribution in [3.05, 3.63) is 59.7 Å². The molecule has 3 aliphatic rings. The fourth-order valence-corrected chi connectivity index (χ4v) is 5.72. The molecule has 2 fully saturated rings. The third-order valence-corrected chi connectivity index (χ3v) is 7.29. The number of amides is 2. The molecule has 1 spiro atoms. The van der Waals surface area contributed by atoms with Crippen molar-refractivity contribution in [2.45, 2.75) is 43.6 Å². The van der Waals surface area contributed by atoms with Crippen molar-refractivity contribution in [3.63, 3.8) is 0 Å². The molecule has 3 aliphatic carbocycles. The van der Waals surface area contributed by atoms with Crippen LogP contribution < -0.4 is 10.6 Å². The number of ether oxygens (including phenoxy) is 1. The molecule has 0 aromatic heterocycles. The van der Waals surface area contributed by atoms with Crippen molar-refractivity contribution in [1.82, 2.24) is 10.6 Å². The van der Waals surface area contributed by atoms with E-state index in [4.69, 9.17) is 9.84 Å². The predicted molar refractivity (Wildman–Crippen MR) is 117 cm³/mol. The lowest BCUT2D eigenvalue weighted by Crippen LogP contribution is -2.70. The summed E-state index contributed by atoms with van der Waals surface area (Å²) in [6, 6.07) is 16.2. The monoisotopic (exact) mass is 434 g/mol. The van der Waals surface area contributed by atoms with Crippen LogP contribution >= 0.6 is 0 Å². The molecule has 0 atom stereocenters. The third-order valence-electron chi connectivity index (χ3n) is 7.29. The Morgan fingerprint density at radius 2 is 1.56 bits per heavy atom. The zero-order chi connectivity index (χ0) is 22.3. The minimum atomic E-state index is -1.12. The Balaban J connectivity index is 1.27. The van der Waals surface area contributed by atoms with E-state index in [1.54, 1.807) is 0 Å². The fraction of sp³-hybridized carbons (Fsp3) is 0.400. The molecule has 0 unspecified atom stereocenters. The van der Waals surface area contributed by atoms with Crippen LogP contribution in [0.2, 0.25) is 0 Å². The molecule has 7 heteroatoms. The Morgan fingerprint density at radius 1 is 0.969 bits per heavy atom. The molecule has 3 N–H and O–H groups in total. The first kappa shape index (κ1) is 20.5. The minimum absolute atomic E-state index is 0.0655. The largest absolute Gasteiger partial charge is 0.480 e. The number of carbonyl (C=O) groups excluding carboxylic acids is 2. The van der Waals surface area contributed by atoms with E-state index >= 15 is 0 Å². The van der Waals surface area contributed by atoms with E-state index in [0.29, 0.717) is 12.8 Å². The number of carbonyl (C=O) groups is 3. The summed E-state index contributed by atoms with van der Waals surface area (Å²) < 4.78 is 5.62. The maximum Gasteiger partial charge on any atom is 0.408 e. The first-order valence-corrected chi connectivity index (χ1v) is 11.0. The van der Waals surface area contributed by atoms with Gasteiger partial charge in [0, 0.05) is 5.92 Å². The minimum Gasteiger partial charge on any atom is -0.480 e. The van der Waals surface area contributed by atoms with E-state index in [9.17, 15) is 14.4 Å². The van der Waals surface area contributed by atoms with Crippen LogP contribution in [0.5, 0.6) is 0 Å². The van der Waals surface area contributed by atoms with Crippen molar-refractivity contribution < 1.29 is 24.2 Å². The zero-order valence-corrected chi connectivity index (χ0v) is 17.7. The highest BCUT2D eigenvalue weighted by molar-refractivity contribution is 5.93. The van der Waals surface area contributed by atoms with Gasteiger partial charge in [-0.1, -0.05) is 55.0 Å². The Morgan fingerprint density at radius 3 is 2.09 bits per heavy atom. The van der Waals surface area contributed by atoms with Crippen molar-refractivity contribution in [3.8, 4) is 11.1 Å². The van der Waals surface area contributed by atoms with E-state index in [0.717, 1.165) is 41.5 Å². The normalized spacial score (nSPS) is 19.1. The van der Waals surface area contributed by atoms with Gasteiger partial charge < -0.3 is 20.5 Å². The molecule has 2 saturated carbocycles. The molecule has 7 nitrogen and oxygen atoms in total. The van der Waals surface area contributed by atoms with Gasteiger partial charge in [-0.05, 0) is 53.4 Å². The molecular formula is C25H26N2O5. The standard InChI is InChI=1S/C25H26N2O5/c28-21(29)12-26-22(30)25(14-24(15-25)10-5-11-24)27-23(31)32-13-20-18-8-3-1-6-16(18)17-7-2-4-9-19(17)20/h1-4,6-9,20H,5,10-15H2,(H,26,30)(H,27,31)(H,28,29). The molecule has 0 saturated heterocycles. The molecular weight excluding hydrogens is 408 g/mol. The lowest BCUT2D eigenvalue weighted by Gasteiger charge is -2.59. The first-order valence-electron chi connectivity index (χ1n) is 11.0. The van der Waals surface area contributed by atoms with E-state index in [1.165, 1.54) is 0 Å². The van der Waals surface area contributed by atoms with E-state index in [2.05, 4.69) is 22.8 Å². The van der Waals surface area contributed by atoms with Gasteiger partial charge in [0.25, 0.3) is 0 Å². The van der Waals surface area contributed by atoms with Gasteiger partial charge in [0.1, 0.15) is 18.7 Å². The second-order valence-corrected chi connectivity index (χ2v) is 9.32. The number of fused-ring (bicyclic) bond motifs is 3. The SMILES string of the molecule is O=C(O)CNC(=O)C1(NC(=O)OCC2c3ccccc3-c3ccccc32)CC2(CCC2)C1. The van der Waals surface area contributed by atoms with Gasteiger partial charge >= 0.3 is 12.1 Å². The van der Waals surface area contributed by atoms with E-state index < -0.39 is 30.1 Å². The molecule has 5 rings (SSSR count). The van der Waals surface area contributed by atoms with Gasteiger partial charge in [0.05, 0.1) is 0 Å². The second kappa shape index (κ2) is 7.65. The van der Waals surface area contributed by atoms with Crippen molar-refractivity contribution >= 4 is 18.0 Å². The number of alkyl carbamates (subject to hydrolysis) is 1. The topological polar surface area (TPSA) is 105 Å². The molecule has 0 radical (unpaired) electrons. The Kier molecular flexibility index (Phi) is 4.92. The van der Waals surface area contributed by atoms with Gasteiger partial charge in [0.2, 0.25) is 5.91 Å². The van der Waals surface area contributed by atoms with Crippen LogP contribution in [0.15, 0.2) is 48.5 Å². The van der Waals surface area contributed by atoms with Crippen molar-refractivity contribution in [1.29, 1.82) is 0 Å². The lowest BCUT2D eigenvalue weighted by molar-refractivity contribution is -0.147. The molecule has 2 aromatic carbocycles. The summed E-state index contributed by atoms with van der Waals surface area (Å²) in [5.41, 5.74) is 3.52. The number of rotatable bonds is 6. The number of hydrogen-bond acceptors (Lipinski definition) is 4. The quantitative estimate of drug-likeness (QED) is 0.646. The summed E-state index contributed by atoms with van der Waals surface area (Å²) >= 11 is 0. The summed E-state index contributed by atoms with van der Waals surface area (Å²) in [5, 5.41) is 14.1. The van der Waals surface area contributed by atoms with Gasteiger partial charge in [-0.15, -0.1) is 0 Å². The summed E-state index contributed by atoms with van der Waals surface area (Å²) in [6.07, 6.45) is 3.59. The number of aliphatic carboxylic acids is 1. The Bertz CT molecular complexity index is 1040. The van der Waals surface area contributed by atoms with Crippen LogP contribution in [0, 0.1) is 5.41 Å². The van der Waals surface area contributed by atoms with Crippen LogP contribution in [-0.2, 0) is 14.3 Å².